The standard InChI is InChI=1S/C15H26O4/c1-6-7-8-13(14(16)18-9-11(2)3)15(17)19-10-12(4)5/h8,11-12H,6-7,9-10H2,1-5H3. The average Bonchev–Trinajstić information content (AvgIpc) is 2.34. The van der Waals surface area contributed by atoms with Gasteiger partial charge in [-0.25, -0.2) is 9.59 Å². The van der Waals surface area contributed by atoms with Gasteiger partial charge in [0, 0.05) is 0 Å². The van der Waals surface area contributed by atoms with E-state index in [1.807, 2.05) is 34.6 Å². The van der Waals surface area contributed by atoms with Gasteiger partial charge in [0.25, 0.3) is 0 Å². The van der Waals surface area contributed by atoms with Gasteiger partial charge in [-0.3, -0.25) is 0 Å². The van der Waals surface area contributed by atoms with Gasteiger partial charge in [-0.2, -0.15) is 0 Å². The molecular weight excluding hydrogens is 244 g/mol. The molecule has 0 aromatic carbocycles. The molecule has 0 aliphatic carbocycles. The van der Waals surface area contributed by atoms with Crippen LogP contribution in [0.4, 0.5) is 0 Å². The maximum Gasteiger partial charge on any atom is 0.345 e. The SMILES string of the molecule is CCCC=C(C(=O)OCC(C)C)C(=O)OCC(C)C. The molecule has 0 amide bonds. The van der Waals surface area contributed by atoms with Gasteiger partial charge >= 0.3 is 11.9 Å². The van der Waals surface area contributed by atoms with Crippen molar-refractivity contribution in [2.45, 2.75) is 47.5 Å². The second kappa shape index (κ2) is 9.59. The number of unbranched alkanes of at least 4 members (excludes halogenated alkanes) is 1. The largest absolute Gasteiger partial charge is 0.462 e. The molecule has 19 heavy (non-hydrogen) atoms. The van der Waals surface area contributed by atoms with Gasteiger partial charge in [-0.15, -0.1) is 0 Å². The predicted octanol–water partition coefficient (Wildman–Crippen LogP) is 3.11. The van der Waals surface area contributed by atoms with Gasteiger partial charge < -0.3 is 9.47 Å². The predicted molar refractivity (Wildman–Crippen MR) is 74.6 cm³/mol. The minimum absolute atomic E-state index is 0.0168. The summed E-state index contributed by atoms with van der Waals surface area (Å²) < 4.78 is 10.2. The molecule has 0 rings (SSSR count). The van der Waals surface area contributed by atoms with Crippen molar-refractivity contribution in [2.75, 3.05) is 13.2 Å². The van der Waals surface area contributed by atoms with E-state index in [2.05, 4.69) is 0 Å². The average molecular weight is 270 g/mol. The zero-order valence-electron chi connectivity index (χ0n) is 12.7. The molecule has 0 saturated carbocycles. The van der Waals surface area contributed by atoms with Crippen molar-refractivity contribution in [1.82, 2.24) is 0 Å². The van der Waals surface area contributed by atoms with Crippen LogP contribution in [0.3, 0.4) is 0 Å². The zero-order chi connectivity index (χ0) is 14.8. The molecule has 0 spiro atoms. The number of rotatable bonds is 8. The summed E-state index contributed by atoms with van der Waals surface area (Å²) in [6.07, 6.45) is 3.12. The van der Waals surface area contributed by atoms with Crippen molar-refractivity contribution in [1.29, 1.82) is 0 Å². The number of hydrogen-bond acceptors (Lipinski definition) is 4. The summed E-state index contributed by atoms with van der Waals surface area (Å²) >= 11 is 0. The summed E-state index contributed by atoms with van der Waals surface area (Å²) in [5, 5.41) is 0. The van der Waals surface area contributed by atoms with Crippen molar-refractivity contribution in [3.8, 4) is 0 Å². The Balaban J connectivity index is 4.61. The lowest BCUT2D eigenvalue weighted by atomic mass is 10.2. The maximum absolute atomic E-state index is 11.8. The fraction of sp³-hybridized carbons (Fsp3) is 0.733. The van der Waals surface area contributed by atoms with Crippen LogP contribution in [0.15, 0.2) is 11.6 Å². The highest BCUT2D eigenvalue weighted by Crippen LogP contribution is 2.08. The molecule has 0 heterocycles. The fourth-order valence-electron chi connectivity index (χ4n) is 1.18. The molecule has 0 N–H and O–H groups in total. The van der Waals surface area contributed by atoms with Crippen LogP contribution in [-0.4, -0.2) is 25.2 Å². The number of carbonyl (C=O) groups excluding carboxylic acids is 2. The molecule has 0 aliphatic rings. The molecule has 110 valence electrons. The first-order chi connectivity index (χ1) is 8.88. The Kier molecular flexibility index (Phi) is 8.92. The first-order valence-electron chi connectivity index (χ1n) is 6.92. The van der Waals surface area contributed by atoms with E-state index < -0.39 is 11.9 Å². The number of allylic oxidation sites excluding steroid dienone is 1. The Morgan fingerprint density at radius 3 is 1.68 bits per heavy atom. The second-order valence-electron chi connectivity index (χ2n) is 5.39. The van der Waals surface area contributed by atoms with Crippen LogP contribution in [0, 0.1) is 11.8 Å². The first-order valence-corrected chi connectivity index (χ1v) is 6.92. The van der Waals surface area contributed by atoms with Crippen molar-refractivity contribution < 1.29 is 19.1 Å². The summed E-state index contributed by atoms with van der Waals surface area (Å²) in [6.45, 7) is 10.4. The van der Waals surface area contributed by atoms with E-state index in [0.29, 0.717) is 19.6 Å². The fourth-order valence-corrected chi connectivity index (χ4v) is 1.18. The Bertz CT molecular complexity index is 290. The van der Waals surface area contributed by atoms with Crippen LogP contribution in [-0.2, 0) is 19.1 Å². The summed E-state index contributed by atoms with van der Waals surface area (Å²) in [5.74, 6) is -0.696. The molecule has 0 aromatic rings. The van der Waals surface area contributed by atoms with E-state index in [9.17, 15) is 9.59 Å². The van der Waals surface area contributed by atoms with Crippen LogP contribution in [0.1, 0.15) is 47.5 Å². The topological polar surface area (TPSA) is 52.6 Å². The molecule has 4 heteroatoms. The lowest BCUT2D eigenvalue weighted by Gasteiger charge is -2.11. The van der Waals surface area contributed by atoms with E-state index in [1.165, 1.54) is 0 Å². The lowest BCUT2D eigenvalue weighted by Crippen LogP contribution is -2.21. The van der Waals surface area contributed by atoms with Gasteiger partial charge in [-0.1, -0.05) is 47.1 Å². The monoisotopic (exact) mass is 270 g/mol. The summed E-state index contributed by atoms with van der Waals surface area (Å²) in [7, 11) is 0. The van der Waals surface area contributed by atoms with E-state index in [1.54, 1.807) is 6.08 Å². The molecule has 0 unspecified atom stereocenters. The third-order valence-electron chi connectivity index (χ3n) is 2.17. The Labute approximate surface area is 116 Å². The molecular formula is C15H26O4. The smallest absolute Gasteiger partial charge is 0.345 e. The highest BCUT2D eigenvalue weighted by Gasteiger charge is 2.21. The van der Waals surface area contributed by atoms with Crippen LogP contribution < -0.4 is 0 Å². The van der Waals surface area contributed by atoms with E-state index >= 15 is 0 Å². The molecule has 4 nitrogen and oxygen atoms in total. The summed E-state index contributed by atoms with van der Waals surface area (Å²) in [5.41, 5.74) is 0.0168. The Morgan fingerprint density at radius 1 is 0.947 bits per heavy atom. The molecule has 0 aromatic heterocycles. The normalized spacial score (nSPS) is 10.5. The quantitative estimate of drug-likeness (QED) is 0.294. The molecule has 0 saturated heterocycles. The van der Waals surface area contributed by atoms with Gasteiger partial charge in [0.2, 0.25) is 0 Å². The van der Waals surface area contributed by atoms with Crippen molar-refractivity contribution >= 4 is 11.9 Å². The molecule has 0 atom stereocenters. The minimum atomic E-state index is -0.587. The lowest BCUT2D eigenvalue weighted by molar-refractivity contribution is -0.148. The van der Waals surface area contributed by atoms with Crippen molar-refractivity contribution in [3.63, 3.8) is 0 Å². The van der Waals surface area contributed by atoms with Crippen LogP contribution >= 0.6 is 0 Å². The first kappa shape index (κ1) is 17.7. The summed E-state index contributed by atoms with van der Waals surface area (Å²) in [4.78, 5) is 23.7. The third kappa shape index (κ3) is 8.41. The number of ether oxygens (including phenoxy) is 2. The molecule has 0 aliphatic heterocycles. The number of carbonyl (C=O) groups is 2. The molecule has 0 bridgehead atoms. The maximum atomic E-state index is 11.8. The Morgan fingerprint density at radius 2 is 1.37 bits per heavy atom. The van der Waals surface area contributed by atoms with Crippen LogP contribution in [0.5, 0.6) is 0 Å². The highest BCUT2D eigenvalue weighted by atomic mass is 16.6. The zero-order valence-corrected chi connectivity index (χ0v) is 12.7. The van der Waals surface area contributed by atoms with Crippen molar-refractivity contribution in [3.05, 3.63) is 11.6 Å². The van der Waals surface area contributed by atoms with Gasteiger partial charge in [0.05, 0.1) is 13.2 Å². The second-order valence-corrected chi connectivity index (χ2v) is 5.39. The van der Waals surface area contributed by atoms with Crippen LogP contribution in [0.25, 0.3) is 0 Å². The number of hydrogen-bond donors (Lipinski definition) is 0. The third-order valence-corrected chi connectivity index (χ3v) is 2.17. The van der Waals surface area contributed by atoms with Crippen LogP contribution in [0.2, 0.25) is 0 Å². The minimum Gasteiger partial charge on any atom is -0.462 e. The van der Waals surface area contributed by atoms with Gasteiger partial charge in [0.1, 0.15) is 5.57 Å². The Hall–Kier alpha value is -1.32. The van der Waals surface area contributed by atoms with E-state index in [-0.39, 0.29) is 17.4 Å². The highest BCUT2D eigenvalue weighted by molar-refractivity contribution is 6.14. The van der Waals surface area contributed by atoms with E-state index in [4.69, 9.17) is 9.47 Å². The summed E-state index contributed by atoms with van der Waals surface area (Å²) in [6, 6.07) is 0. The molecule has 0 radical (unpaired) electrons. The number of esters is 2. The van der Waals surface area contributed by atoms with Gasteiger partial charge in [-0.05, 0) is 18.3 Å². The molecule has 0 fully saturated rings. The van der Waals surface area contributed by atoms with Crippen molar-refractivity contribution in [2.24, 2.45) is 11.8 Å². The van der Waals surface area contributed by atoms with Gasteiger partial charge in [0.15, 0.2) is 0 Å². The van der Waals surface area contributed by atoms with E-state index in [0.717, 1.165) is 6.42 Å².